The molecule has 1 aliphatic heterocycles. The molecule has 0 radical (unpaired) electrons. The topological polar surface area (TPSA) is 92.4 Å². The van der Waals surface area contributed by atoms with Crippen LogP contribution in [-0.2, 0) is 11.0 Å². The number of hydrogen-bond donors (Lipinski definition) is 3. The minimum absolute atomic E-state index is 0.195. The molecular weight excluding hydrogens is 415 g/mol. The number of amides is 1. The average Bonchev–Trinajstić information content (AvgIpc) is 3.14. The first-order chi connectivity index (χ1) is 14.3. The van der Waals surface area contributed by atoms with E-state index >= 15 is 0 Å². The molecule has 0 saturated heterocycles. The lowest BCUT2D eigenvalue weighted by molar-refractivity contribution is -0.140. The highest BCUT2D eigenvalue weighted by Crippen LogP contribution is 2.34. The predicted molar refractivity (Wildman–Crippen MR) is 112 cm³/mol. The van der Waals surface area contributed by atoms with Crippen LogP contribution in [0.15, 0.2) is 47.1 Å². The number of alkyl halides is 3. The maximum absolute atomic E-state index is 13.3. The zero-order chi connectivity index (χ0) is 21.3. The van der Waals surface area contributed by atoms with Crippen molar-refractivity contribution in [1.29, 1.82) is 0 Å². The maximum Gasteiger partial charge on any atom is 0.433 e. The number of anilines is 1. The van der Waals surface area contributed by atoms with Crippen molar-refractivity contribution in [2.24, 2.45) is 10.7 Å². The Morgan fingerprint density at radius 2 is 2.07 bits per heavy atom. The molecule has 2 aliphatic rings. The van der Waals surface area contributed by atoms with Crippen LogP contribution in [0.3, 0.4) is 0 Å². The minimum Gasteiger partial charge on any atom is -0.379 e. The SMILES string of the molecule is NC1=NC(C(=O)N[C@H]2C=C(Nc3cc(C(F)(F)F)nc4ccccc34)CCC2)CS1. The number of nitrogens with zero attached hydrogens (tertiary/aromatic N) is 2. The van der Waals surface area contributed by atoms with Crippen molar-refractivity contribution in [3.05, 3.63) is 47.8 Å². The van der Waals surface area contributed by atoms with Gasteiger partial charge in [0.25, 0.3) is 0 Å². The van der Waals surface area contributed by atoms with Crippen molar-refractivity contribution in [3.8, 4) is 0 Å². The summed E-state index contributed by atoms with van der Waals surface area (Å²) in [5, 5.41) is 7.09. The fourth-order valence-corrected chi connectivity index (χ4v) is 4.30. The van der Waals surface area contributed by atoms with Crippen LogP contribution >= 0.6 is 11.8 Å². The van der Waals surface area contributed by atoms with Gasteiger partial charge in [-0.15, -0.1) is 0 Å². The maximum atomic E-state index is 13.3. The Balaban J connectivity index is 1.56. The van der Waals surface area contributed by atoms with Crippen molar-refractivity contribution in [2.45, 2.75) is 37.5 Å². The normalized spacial score (nSPS) is 21.8. The Morgan fingerprint density at radius 1 is 1.27 bits per heavy atom. The second-order valence-corrected chi connectivity index (χ2v) is 8.23. The Bertz CT molecular complexity index is 1040. The van der Waals surface area contributed by atoms with E-state index in [9.17, 15) is 18.0 Å². The van der Waals surface area contributed by atoms with Gasteiger partial charge < -0.3 is 16.4 Å². The zero-order valence-electron chi connectivity index (χ0n) is 15.9. The predicted octanol–water partition coefficient (Wildman–Crippen LogP) is 3.65. The summed E-state index contributed by atoms with van der Waals surface area (Å²) >= 11 is 1.34. The van der Waals surface area contributed by atoms with E-state index in [1.54, 1.807) is 24.3 Å². The number of amidine groups is 1. The number of fused-ring (bicyclic) bond motifs is 1. The Kier molecular flexibility index (Phi) is 5.59. The molecule has 1 amide bonds. The van der Waals surface area contributed by atoms with Gasteiger partial charge in [-0.3, -0.25) is 4.79 Å². The summed E-state index contributed by atoms with van der Waals surface area (Å²) in [5.74, 6) is 0.321. The summed E-state index contributed by atoms with van der Waals surface area (Å²) in [6, 6.07) is 7.01. The number of aromatic nitrogens is 1. The smallest absolute Gasteiger partial charge is 0.379 e. The fraction of sp³-hybridized carbons (Fsp3) is 0.350. The number of carbonyl (C=O) groups is 1. The highest BCUT2D eigenvalue weighted by atomic mass is 32.2. The van der Waals surface area contributed by atoms with Crippen LogP contribution in [-0.4, -0.2) is 33.9 Å². The van der Waals surface area contributed by atoms with Gasteiger partial charge in [-0.05, 0) is 37.5 Å². The molecule has 1 aromatic carbocycles. The van der Waals surface area contributed by atoms with Crippen molar-refractivity contribution in [3.63, 3.8) is 0 Å². The number of halogens is 3. The van der Waals surface area contributed by atoms with Crippen molar-refractivity contribution < 1.29 is 18.0 Å². The van der Waals surface area contributed by atoms with Gasteiger partial charge in [0.05, 0.1) is 5.52 Å². The van der Waals surface area contributed by atoms with Crippen molar-refractivity contribution in [1.82, 2.24) is 10.3 Å². The van der Waals surface area contributed by atoms with Crippen LogP contribution in [0.4, 0.5) is 18.9 Å². The second kappa shape index (κ2) is 8.17. The third-order valence-electron chi connectivity index (χ3n) is 4.97. The van der Waals surface area contributed by atoms with Crippen molar-refractivity contribution >= 4 is 39.4 Å². The monoisotopic (exact) mass is 435 g/mol. The summed E-state index contributed by atoms with van der Waals surface area (Å²) in [7, 11) is 0. The van der Waals surface area contributed by atoms with E-state index in [1.807, 2.05) is 6.08 Å². The number of allylic oxidation sites excluding steroid dienone is 1. The Hall–Kier alpha value is -2.75. The summed E-state index contributed by atoms with van der Waals surface area (Å²) in [6.45, 7) is 0. The van der Waals surface area contributed by atoms with Gasteiger partial charge in [0.1, 0.15) is 11.7 Å². The van der Waals surface area contributed by atoms with E-state index in [1.165, 1.54) is 11.8 Å². The molecule has 6 nitrogen and oxygen atoms in total. The summed E-state index contributed by atoms with van der Waals surface area (Å²) in [4.78, 5) is 20.2. The van der Waals surface area contributed by atoms with Gasteiger partial charge in [-0.1, -0.05) is 30.0 Å². The zero-order valence-corrected chi connectivity index (χ0v) is 16.7. The first-order valence-corrected chi connectivity index (χ1v) is 10.5. The molecule has 1 unspecified atom stereocenters. The first kappa shape index (κ1) is 20.5. The van der Waals surface area contributed by atoms with Gasteiger partial charge in [-0.25, -0.2) is 9.98 Å². The van der Waals surface area contributed by atoms with Gasteiger partial charge in [0, 0.05) is 28.6 Å². The largest absolute Gasteiger partial charge is 0.433 e. The van der Waals surface area contributed by atoms with Gasteiger partial charge >= 0.3 is 6.18 Å². The molecule has 1 aliphatic carbocycles. The van der Waals surface area contributed by atoms with Crippen LogP contribution in [0.1, 0.15) is 25.0 Å². The highest BCUT2D eigenvalue weighted by Gasteiger charge is 2.33. The lowest BCUT2D eigenvalue weighted by Gasteiger charge is -2.24. The van der Waals surface area contributed by atoms with E-state index in [-0.39, 0.29) is 17.5 Å². The number of nitrogens with one attached hydrogen (secondary N) is 2. The number of para-hydroxylation sites is 1. The molecule has 2 heterocycles. The number of carbonyl (C=O) groups excluding carboxylic acids is 1. The number of aliphatic imine (C=N–C) groups is 1. The first-order valence-electron chi connectivity index (χ1n) is 9.51. The molecule has 1 aromatic heterocycles. The molecule has 0 fully saturated rings. The summed E-state index contributed by atoms with van der Waals surface area (Å²) in [5.41, 5.74) is 6.05. The number of nitrogens with two attached hydrogens (primary N) is 1. The molecule has 0 spiro atoms. The standard InChI is InChI=1S/C20H20F3N5OS/c21-20(22,23)17-9-15(13-6-1-2-7-14(13)27-17)25-11-4-3-5-12(8-11)26-18(29)16-10-30-19(24)28-16/h1-2,6-9,12,16H,3-5,10H2,(H2,24,28)(H,25,27)(H,26,29)/t12-,16?/m1/s1. The van der Waals surface area contributed by atoms with Gasteiger partial charge in [-0.2, -0.15) is 13.2 Å². The lowest BCUT2D eigenvalue weighted by Crippen LogP contribution is -2.41. The van der Waals surface area contributed by atoms with E-state index in [4.69, 9.17) is 5.73 Å². The molecule has 2 aromatic rings. The Morgan fingerprint density at radius 3 is 2.80 bits per heavy atom. The number of thioether (sulfide) groups is 1. The average molecular weight is 435 g/mol. The molecular formula is C20H20F3N5OS. The molecule has 30 heavy (non-hydrogen) atoms. The molecule has 4 N–H and O–H groups in total. The summed E-state index contributed by atoms with van der Waals surface area (Å²) < 4.78 is 39.8. The molecule has 10 heteroatoms. The third-order valence-corrected chi connectivity index (χ3v) is 5.85. The molecule has 0 bridgehead atoms. The third kappa shape index (κ3) is 4.53. The fourth-order valence-electron chi connectivity index (χ4n) is 3.54. The number of pyridine rings is 1. The quantitative estimate of drug-likeness (QED) is 0.682. The van der Waals surface area contributed by atoms with Crippen LogP contribution in [0.5, 0.6) is 0 Å². The van der Waals surface area contributed by atoms with Crippen LogP contribution < -0.4 is 16.4 Å². The van der Waals surface area contributed by atoms with Gasteiger partial charge in [0.15, 0.2) is 5.17 Å². The van der Waals surface area contributed by atoms with Crippen molar-refractivity contribution in [2.75, 3.05) is 11.1 Å². The molecule has 4 rings (SSSR count). The lowest BCUT2D eigenvalue weighted by atomic mass is 9.99. The van der Waals surface area contributed by atoms with E-state index in [2.05, 4.69) is 20.6 Å². The highest BCUT2D eigenvalue weighted by molar-refractivity contribution is 8.14. The Labute approximate surface area is 175 Å². The number of benzene rings is 1. The minimum atomic E-state index is -4.54. The van der Waals surface area contributed by atoms with Crippen LogP contribution in [0.25, 0.3) is 10.9 Å². The number of rotatable bonds is 4. The molecule has 158 valence electrons. The van der Waals surface area contributed by atoms with E-state index < -0.39 is 17.9 Å². The van der Waals surface area contributed by atoms with Gasteiger partial charge in [0.2, 0.25) is 5.91 Å². The van der Waals surface area contributed by atoms with E-state index in [0.29, 0.717) is 28.4 Å². The summed E-state index contributed by atoms with van der Waals surface area (Å²) in [6.07, 6.45) is -0.460. The van der Waals surface area contributed by atoms with Crippen LogP contribution in [0.2, 0.25) is 0 Å². The number of hydrogen-bond acceptors (Lipinski definition) is 6. The van der Waals surface area contributed by atoms with E-state index in [0.717, 1.165) is 24.6 Å². The molecule has 2 atom stereocenters. The second-order valence-electron chi connectivity index (χ2n) is 7.19. The molecule has 0 saturated carbocycles. The van der Waals surface area contributed by atoms with Crippen LogP contribution in [0, 0.1) is 0 Å².